The van der Waals surface area contributed by atoms with Gasteiger partial charge in [-0.2, -0.15) is 0 Å². The van der Waals surface area contributed by atoms with Crippen molar-refractivity contribution in [1.82, 2.24) is 5.16 Å². The van der Waals surface area contributed by atoms with E-state index >= 15 is 0 Å². The molecule has 0 aliphatic carbocycles. The van der Waals surface area contributed by atoms with Crippen molar-refractivity contribution in [3.63, 3.8) is 0 Å². The molecule has 1 amide bonds. The fourth-order valence-corrected chi connectivity index (χ4v) is 1.81. The van der Waals surface area contributed by atoms with Crippen LogP contribution in [0.3, 0.4) is 0 Å². The Labute approximate surface area is 105 Å². The van der Waals surface area contributed by atoms with Crippen molar-refractivity contribution in [1.29, 1.82) is 0 Å². The van der Waals surface area contributed by atoms with Crippen LogP contribution < -0.4 is 11.1 Å². The number of aromatic nitrogens is 1. The number of amides is 1. The molecule has 0 spiro atoms. The van der Waals surface area contributed by atoms with Crippen LogP contribution >= 0.6 is 0 Å². The number of nitrogens with zero attached hydrogens (tertiary/aromatic N) is 1. The SMILES string of the molecule is Cc1noc(C)c1C(=O)Nc1ccccc1CN. The van der Waals surface area contributed by atoms with Gasteiger partial charge in [0.2, 0.25) is 0 Å². The molecule has 1 aromatic heterocycles. The Morgan fingerprint density at radius 3 is 2.72 bits per heavy atom. The number of anilines is 1. The molecule has 5 nitrogen and oxygen atoms in total. The van der Waals surface area contributed by atoms with Crippen LogP contribution in [-0.2, 0) is 6.54 Å². The van der Waals surface area contributed by atoms with Gasteiger partial charge in [-0.3, -0.25) is 4.79 Å². The minimum absolute atomic E-state index is 0.229. The topological polar surface area (TPSA) is 81.2 Å². The Hall–Kier alpha value is -2.14. The zero-order chi connectivity index (χ0) is 13.1. The molecule has 0 atom stereocenters. The highest BCUT2D eigenvalue weighted by Crippen LogP contribution is 2.18. The number of aryl methyl sites for hydroxylation is 2. The molecule has 0 aliphatic heterocycles. The van der Waals surface area contributed by atoms with Gasteiger partial charge >= 0.3 is 0 Å². The van der Waals surface area contributed by atoms with Gasteiger partial charge in [0.1, 0.15) is 11.3 Å². The van der Waals surface area contributed by atoms with Crippen molar-refractivity contribution in [3.05, 3.63) is 46.8 Å². The van der Waals surface area contributed by atoms with Crippen LogP contribution in [-0.4, -0.2) is 11.1 Å². The van der Waals surface area contributed by atoms with E-state index in [-0.39, 0.29) is 5.91 Å². The average Bonchev–Trinajstić information content (AvgIpc) is 2.69. The first-order valence-corrected chi connectivity index (χ1v) is 5.65. The first-order chi connectivity index (χ1) is 8.63. The molecule has 1 heterocycles. The maximum Gasteiger partial charge on any atom is 0.261 e. The molecule has 0 saturated heterocycles. The minimum atomic E-state index is -0.229. The molecular weight excluding hydrogens is 230 g/mol. The second-order valence-electron chi connectivity index (χ2n) is 4.01. The summed E-state index contributed by atoms with van der Waals surface area (Å²) in [5, 5.41) is 6.59. The van der Waals surface area contributed by atoms with Gasteiger partial charge in [-0.05, 0) is 25.5 Å². The number of benzene rings is 1. The van der Waals surface area contributed by atoms with Crippen LogP contribution in [0, 0.1) is 13.8 Å². The quantitative estimate of drug-likeness (QED) is 0.866. The summed E-state index contributed by atoms with van der Waals surface area (Å²) in [6.45, 7) is 3.82. The molecule has 1 aromatic carbocycles. The fraction of sp³-hybridized carbons (Fsp3) is 0.231. The molecule has 5 heteroatoms. The van der Waals surface area contributed by atoms with E-state index < -0.39 is 0 Å². The molecule has 3 N–H and O–H groups in total. The molecule has 0 fully saturated rings. The predicted octanol–water partition coefficient (Wildman–Crippen LogP) is 2.00. The van der Waals surface area contributed by atoms with Gasteiger partial charge in [-0.15, -0.1) is 0 Å². The summed E-state index contributed by atoms with van der Waals surface area (Å²) in [5.41, 5.74) is 8.28. The summed E-state index contributed by atoms with van der Waals surface area (Å²) in [4.78, 5) is 12.1. The Kier molecular flexibility index (Phi) is 3.43. The van der Waals surface area contributed by atoms with Crippen LogP contribution in [0.5, 0.6) is 0 Å². The summed E-state index contributed by atoms with van der Waals surface area (Å²) < 4.78 is 4.98. The van der Waals surface area contributed by atoms with Crippen molar-refractivity contribution in [2.45, 2.75) is 20.4 Å². The monoisotopic (exact) mass is 245 g/mol. The number of para-hydroxylation sites is 1. The normalized spacial score (nSPS) is 10.4. The lowest BCUT2D eigenvalue weighted by Crippen LogP contribution is -2.15. The lowest BCUT2D eigenvalue weighted by molar-refractivity contribution is 0.102. The van der Waals surface area contributed by atoms with Crippen molar-refractivity contribution in [2.75, 3.05) is 5.32 Å². The highest BCUT2D eigenvalue weighted by atomic mass is 16.5. The van der Waals surface area contributed by atoms with Gasteiger partial charge in [-0.25, -0.2) is 0 Å². The largest absolute Gasteiger partial charge is 0.361 e. The number of rotatable bonds is 3. The Morgan fingerprint density at radius 2 is 2.11 bits per heavy atom. The van der Waals surface area contributed by atoms with Crippen molar-refractivity contribution in [3.8, 4) is 0 Å². The van der Waals surface area contributed by atoms with E-state index in [1.807, 2.05) is 24.3 Å². The third-order valence-electron chi connectivity index (χ3n) is 2.75. The van der Waals surface area contributed by atoms with E-state index in [1.165, 1.54) is 0 Å². The second-order valence-corrected chi connectivity index (χ2v) is 4.01. The molecule has 18 heavy (non-hydrogen) atoms. The van der Waals surface area contributed by atoms with Crippen LogP contribution in [0.4, 0.5) is 5.69 Å². The summed E-state index contributed by atoms with van der Waals surface area (Å²) in [7, 11) is 0. The van der Waals surface area contributed by atoms with E-state index in [9.17, 15) is 4.79 Å². The first kappa shape index (κ1) is 12.3. The minimum Gasteiger partial charge on any atom is -0.361 e. The van der Waals surface area contributed by atoms with Crippen LogP contribution in [0.15, 0.2) is 28.8 Å². The number of hydrogen-bond donors (Lipinski definition) is 2. The van der Waals surface area contributed by atoms with Crippen molar-refractivity contribution in [2.24, 2.45) is 5.73 Å². The smallest absolute Gasteiger partial charge is 0.261 e. The first-order valence-electron chi connectivity index (χ1n) is 5.65. The number of nitrogens with one attached hydrogen (secondary N) is 1. The molecule has 0 radical (unpaired) electrons. The summed E-state index contributed by atoms with van der Waals surface area (Å²) in [6.07, 6.45) is 0. The lowest BCUT2D eigenvalue weighted by Gasteiger charge is -2.09. The summed E-state index contributed by atoms with van der Waals surface area (Å²) in [6, 6.07) is 7.43. The third kappa shape index (κ3) is 2.26. The predicted molar refractivity (Wildman–Crippen MR) is 68.3 cm³/mol. The van der Waals surface area contributed by atoms with E-state index in [0.29, 0.717) is 29.2 Å². The van der Waals surface area contributed by atoms with Crippen molar-refractivity contribution >= 4 is 11.6 Å². The van der Waals surface area contributed by atoms with Gasteiger partial charge in [0.25, 0.3) is 5.91 Å². The highest BCUT2D eigenvalue weighted by molar-refractivity contribution is 6.06. The van der Waals surface area contributed by atoms with Gasteiger partial charge in [0.05, 0.1) is 5.69 Å². The summed E-state index contributed by atoms with van der Waals surface area (Å²) in [5.74, 6) is 0.280. The zero-order valence-electron chi connectivity index (χ0n) is 10.4. The molecule has 2 aromatic rings. The van der Waals surface area contributed by atoms with Crippen LogP contribution in [0.2, 0.25) is 0 Å². The maximum atomic E-state index is 12.1. The van der Waals surface area contributed by atoms with E-state index in [4.69, 9.17) is 10.3 Å². The van der Waals surface area contributed by atoms with E-state index in [2.05, 4.69) is 10.5 Å². The second kappa shape index (κ2) is 5.01. The summed E-state index contributed by atoms with van der Waals surface area (Å²) >= 11 is 0. The van der Waals surface area contributed by atoms with Gasteiger partial charge in [0.15, 0.2) is 0 Å². The molecule has 94 valence electrons. The zero-order valence-corrected chi connectivity index (χ0v) is 10.4. The van der Waals surface area contributed by atoms with E-state index in [1.54, 1.807) is 13.8 Å². The number of hydrogen-bond acceptors (Lipinski definition) is 4. The lowest BCUT2D eigenvalue weighted by atomic mass is 10.1. The third-order valence-corrected chi connectivity index (χ3v) is 2.75. The number of carbonyl (C=O) groups excluding carboxylic acids is 1. The van der Waals surface area contributed by atoms with Gasteiger partial charge in [-0.1, -0.05) is 23.4 Å². The molecular formula is C13H15N3O2. The standard InChI is InChI=1S/C13H15N3O2/c1-8-12(9(2)18-16-8)13(17)15-11-6-4-3-5-10(11)7-14/h3-6H,7,14H2,1-2H3,(H,15,17). The maximum absolute atomic E-state index is 12.1. The Balaban J connectivity index is 2.27. The number of nitrogens with two attached hydrogens (primary N) is 1. The van der Waals surface area contributed by atoms with Gasteiger partial charge < -0.3 is 15.6 Å². The average molecular weight is 245 g/mol. The van der Waals surface area contributed by atoms with E-state index in [0.717, 1.165) is 5.56 Å². The van der Waals surface area contributed by atoms with Gasteiger partial charge in [0, 0.05) is 12.2 Å². The van der Waals surface area contributed by atoms with Crippen LogP contribution in [0.1, 0.15) is 27.4 Å². The Morgan fingerprint density at radius 1 is 1.39 bits per heavy atom. The molecule has 0 aliphatic rings. The highest BCUT2D eigenvalue weighted by Gasteiger charge is 2.18. The molecule has 0 bridgehead atoms. The fourth-order valence-electron chi connectivity index (χ4n) is 1.81. The molecule has 2 rings (SSSR count). The molecule has 0 unspecified atom stereocenters. The number of carbonyl (C=O) groups is 1. The van der Waals surface area contributed by atoms with Crippen LogP contribution in [0.25, 0.3) is 0 Å². The Bertz CT molecular complexity index is 556. The molecule has 0 saturated carbocycles. The van der Waals surface area contributed by atoms with Crippen molar-refractivity contribution < 1.29 is 9.32 Å².